The van der Waals surface area contributed by atoms with Crippen molar-refractivity contribution < 1.29 is 21.8 Å². The van der Waals surface area contributed by atoms with Gasteiger partial charge in [-0.2, -0.15) is 0 Å². The summed E-state index contributed by atoms with van der Waals surface area (Å²) < 4.78 is 30.4. The summed E-state index contributed by atoms with van der Waals surface area (Å²) >= 11 is -5.30. The molecule has 0 aromatic heterocycles. The summed E-state index contributed by atoms with van der Waals surface area (Å²) in [6.45, 7) is 1.39. The number of aromatic hydroxyl groups is 1. The molecular weight excluding hydrogens is 349 g/mol. The normalized spacial score (nSPS) is 11.2. The van der Waals surface area contributed by atoms with Crippen molar-refractivity contribution in [3.05, 3.63) is 54.1 Å². The van der Waals surface area contributed by atoms with Crippen molar-refractivity contribution in [3.63, 3.8) is 0 Å². The minimum atomic E-state index is -5.30. The average molecular weight is 365 g/mol. The number of benzene rings is 2. The number of para-hydroxylation sites is 1. The monoisotopic (exact) mass is 365 g/mol. The van der Waals surface area contributed by atoms with E-state index in [1.165, 1.54) is 30.0 Å². The van der Waals surface area contributed by atoms with Crippen LogP contribution in [0.1, 0.15) is 12.5 Å². The van der Waals surface area contributed by atoms with E-state index in [1.807, 2.05) is 6.07 Å². The Hall–Kier alpha value is -2.01. The van der Waals surface area contributed by atoms with Crippen LogP contribution in [0.4, 0.5) is 5.69 Å². The van der Waals surface area contributed by atoms with Crippen LogP contribution < -0.4 is 9.25 Å². The summed E-state index contributed by atoms with van der Waals surface area (Å²) in [5.41, 5.74) is 0.649. The van der Waals surface area contributed by atoms with Gasteiger partial charge >= 0.3 is 130 Å². The summed E-state index contributed by atoms with van der Waals surface area (Å²) in [6, 6.07) is 12.9. The molecule has 3 N–H and O–H groups in total. The molecule has 6 nitrogen and oxygen atoms in total. The Morgan fingerprint density at radius 3 is 2.27 bits per heavy atom. The van der Waals surface area contributed by atoms with E-state index in [0.717, 1.165) is 5.56 Å². The van der Waals surface area contributed by atoms with Crippen molar-refractivity contribution in [2.45, 2.75) is 13.5 Å². The number of phenolic OH excluding ortho intramolecular Hbond substituents is 1. The Morgan fingerprint density at radius 2 is 1.73 bits per heavy atom. The maximum atomic E-state index is 11.9. The molecule has 0 fully saturated rings. The molecule has 116 valence electrons. The zero-order chi connectivity index (χ0) is 16.3. The molecule has 0 atom stereocenters. The molecule has 0 radical (unpaired) electrons. The van der Waals surface area contributed by atoms with Gasteiger partial charge in [0, 0.05) is 0 Å². The number of rotatable bonds is 4. The molecule has 0 unspecified atom stereocenters. The summed E-state index contributed by atoms with van der Waals surface area (Å²) in [4.78, 5) is 13.1. The molecule has 0 aliphatic carbocycles. The number of amides is 1. The molecule has 0 saturated carbocycles. The van der Waals surface area contributed by atoms with E-state index < -0.39 is 20.1 Å². The fourth-order valence-electron chi connectivity index (χ4n) is 2.14. The first-order valence-corrected chi connectivity index (χ1v) is 9.89. The summed E-state index contributed by atoms with van der Waals surface area (Å²) in [6.07, 6.45) is 0. The van der Waals surface area contributed by atoms with Gasteiger partial charge in [0.05, 0.1) is 0 Å². The van der Waals surface area contributed by atoms with Gasteiger partial charge in [0.25, 0.3) is 0 Å². The Morgan fingerprint density at radius 1 is 1.09 bits per heavy atom. The summed E-state index contributed by atoms with van der Waals surface area (Å²) in [7, 11) is 0. The predicted octanol–water partition coefficient (Wildman–Crippen LogP) is 0.506. The van der Waals surface area contributed by atoms with Gasteiger partial charge in [-0.1, -0.05) is 0 Å². The Balaban J connectivity index is 2.54. The van der Waals surface area contributed by atoms with E-state index in [2.05, 4.69) is 0 Å². The number of phenols is 1. The zero-order valence-electron chi connectivity index (χ0n) is 11.9. The van der Waals surface area contributed by atoms with Crippen LogP contribution in [-0.2, 0) is 15.1 Å². The fourth-order valence-corrected chi connectivity index (χ4v) is 3.81. The molecule has 0 spiro atoms. The molecule has 0 saturated heterocycles. The molecule has 1 amide bonds. The number of hydrogen-bond acceptors (Lipinski definition) is 3. The SMILES string of the molecule is CC(=O)N(Cc1ccccc1)c1c(O)cccc1[As](=O)(O)O. The van der Waals surface area contributed by atoms with Crippen molar-refractivity contribution in [2.75, 3.05) is 4.90 Å². The third kappa shape index (κ3) is 3.60. The van der Waals surface area contributed by atoms with E-state index in [4.69, 9.17) is 0 Å². The molecule has 0 aliphatic heterocycles. The Labute approximate surface area is 130 Å². The predicted molar refractivity (Wildman–Crippen MR) is 81.9 cm³/mol. The number of anilines is 1. The zero-order valence-corrected chi connectivity index (χ0v) is 13.8. The molecule has 2 rings (SSSR count). The molecular formula is C15H16AsNO5. The second-order valence-corrected chi connectivity index (χ2v) is 8.07. The van der Waals surface area contributed by atoms with Crippen molar-refractivity contribution in [2.24, 2.45) is 0 Å². The molecule has 0 bridgehead atoms. The van der Waals surface area contributed by atoms with Gasteiger partial charge in [-0.3, -0.25) is 0 Å². The standard InChI is InChI=1S/C15H16AsNO5/c1-11(18)17(10-12-6-3-2-4-7-12)15-13(16(20,21)22)8-5-9-14(15)19/h2-9,19H,10H2,1H3,(H2,20,21,22). The van der Waals surface area contributed by atoms with Crippen LogP contribution in [0.15, 0.2) is 48.5 Å². The first-order chi connectivity index (χ1) is 10.3. The first kappa shape index (κ1) is 16.4. The summed E-state index contributed by atoms with van der Waals surface area (Å²) in [5, 5.41) is 10.0. The molecule has 7 heteroatoms. The van der Waals surface area contributed by atoms with Crippen LogP contribution in [-0.4, -0.2) is 33.4 Å². The van der Waals surface area contributed by atoms with Crippen LogP contribution in [0.2, 0.25) is 0 Å². The maximum absolute atomic E-state index is 11.9. The van der Waals surface area contributed by atoms with Gasteiger partial charge in [-0.25, -0.2) is 0 Å². The van der Waals surface area contributed by atoms with Crippen LogP contribution >= 0.6 is 0 Å². The number of nitrogens with zero attached hydrogens (tertiary/aromatic N) is 1. The number of carbonyl (C=O) groups excluding carboxylic acids is 1. The molecule has 0 heterocycles. The van der Waals surface area contributed by atoms with Crippen molar-refractivity contribution in [3.8, 4) is 5.75 Å². The Kier molecular flexibility index (Phi) is 4.76. The van der Waals surface area contributed by atoms with Gasteiger partial charge in [-0.15, -0.1) is 0 Å². The van der Waals surface area contributed by atoms with E-state index >= 15 is 0 Å². The van der Waals surface area contributed by atoms with Crippen LogP contribution in [0.25, 0.3) is 0 Å². The second kappa shape index (κ2) is 6.40. The van der Waals surface area contributed by atoms with Crippen LogP contribution in [0, 0.1) is 0 Å². The Bertz CT molecular complexity index is 726. The van der Waals surface area contributed by atoms with E-state index in [-0.39, 0.29) is 22.3 Å². The molecule has 2 aromatic rings. The molecule has 0 aliphatic rings. The molecule has 2 aromatic carbocycles. The minimum absolute atomic E-state index is 0.108. The van der Waals surface area contributed by atoms with Gasteiger partial charge < -0.3 is 0 Å². The van der Waals surface area contributed by atoms with Gasteiger partial charge in [0.15, 0.2) is 0 Å². The quantitative estimate of drug-likeness (QED) is 0.686. The first-order valence-electron chi connectivity index (χ1n) is 6.51. The molecule has 22 heavy (non-hydrogen) atoms. The third-order valence-electron chi connectivity index (χ3n) is 3.14. The average Bonchev–Trinajstić information content (AvgIpc) is 2.45. The van der Waals surface area contributed by atoms with Crippen molar-refractivity contribution in [1.29, 1.82) is 0 Å². The number of carbonyl (C=O) groups is 1. The second-order valence-electron chi connectivity index (χ2n) is 4.78. The van der Waals surface area contributed by atoms with Gasteiger partial charge in [0.2, 0.25) is 0 Å². The van der Waals surface area contributed by atoms with Crippen molar-refractivity contribution >= 4 is 30.1 Å². The van der Waals surface area contributed by atoms with Gasteiger partial charge in [0.1, 0.15) is 0 Å². The summed E-state index contributed by atoms with van der Waals surface area (Å²) in [5.74, 6) is -0.760. The number of hydrogen-bond donors (Lipinski definition) is 3. The van der Waals surface area contributed by atoms with Crippen LogP contribution in [0.5, 0.6) is 5.75 Å². The van der Waals surface area contributed by atoms with E-state index in [0.29, 0.717) is 0 Å². The van der Waals surface area contributed by atoms with Gasteiger partial charge in [-0.05, 0) is 0 Å². The third-order valence-corrected chi connectivity index (χ3v) is 5.21. The van der Waals surface area contributed by atoms with E-state index in [9.17, 15) is 21.8 Å². The fraction of sp³-hybridized carbons (Fsp3) is 0.133. The topological polar surface area (TPSA) is 98.1 Å². The van der Waals surface area contributed by atoms with Crippen molar-refractivity contribution in [1.82, 2.24) is 0 Å². The van der Waals surface area contributed by atoms with Crippen LogP contribution in [0.3, 0.4) is 0 Å². The van der Waals surface area contributed by atoms with E-state index in [1.54, 1.807) is 24.3 Å².